The molecule has 0 aliphatic rings. The van der Waals surface area contributed by atoms with Crippen molar-refractivity contribution in [2.24, 2.45) is 45.7 Å². The zero-order chi connectivity index (χ0) is 67.4. The molecule has 10 amide bonds. The number of benzene rings is 1. The zero-order valence-corrected chi connectivity index (χ0v) is 51.6. The first-order valence-corrected chi connectivity index (χ1v) is 29.5. The van der Waals surface area contributed by atoms with Crippen LogP contribution in [0.15, 0.2) is 54.3 Å². The maximum atomic E-state index is 14.8. The lowest BCUT2D eigenvalue weighted by molar-refractivity contribution is -0.145. The molecule has 3 rings (SSSR count). The van der Waals surface area contributed by atoms with E-state index in [0.717, 1.165) is 6.92 Å². The van der Waals surface area contributed by atoms with Gasteiger partial charge in [-0.25, -0.2) is 14.8 Å². The van der Waals surface area contributed by atoms with Crippen LogP contribution in [0.5, 0.6) is 5.75 Å². The number of aromatic nitrogens is 4. The van der Waals surface area contributed by atoms with Gasteiger partial charge in [-0.2, -0.15) is 0 Å². The molecule has 33 heteroatoms. The second-order valence-electron chi connectivity index (χ2n) is 22.8. The molecular weight excluding hydrogens is 1180 g/mol. The fourth-order valence-electron chi connectivity index (χ4n) is 9.03. The SMILES string of the molecule is CC[C@H](C)[C@H](NC(=O)[C@H](CC(C)C)NC(=O)[C@@H](N)CCC(N)=O)C(=O)N[C@@H](CO)C(=O)N[C@@H](Cc1cnc[nH]1)C(=O)N[C@@H](Cc1ccc(O)cc1)C(=O)N[C@@H](CCCN=C(N)N)C(=O)N[C@@H](Cc1cnc[nH]1)C(=O)N[C@@H](CC(C)C)C(=O)N[C@H](C(=O)O)[C@@H](C)O. The average molecular weight is 1270 g/mol. The number of aliphatic carboxylic acids is 1. The van der Waals surface area contributed by atoms with Crippen LogP contribution in [0, 0.1) is 17.8 Å². The van der Waals surface area contributed by atoms with Crippen LogP contribution in [0.2, 0.25) is 0 Å². The molecule has 0 fully saturated rings. The number of aromatic amines is 2. The number of hydrogen-bond acceptors (Lipinski definition) is 18. The Kier molecular flexibility index (Phi) is 31.3. The minimum absolute atomic E-state index is 0.0126. The summed E-state index contributed by atoms with van der Waals surface area (Å²) >= 11 is 0. The van der Waals surface area contributed by atoms with Gasteiger partial charge in [-0.15, -0.1) is 0 Å². The molecule has 90 heavy (non-hydrogen) atoms. The molecule has 3 aromatic rings. The number of amides is 10. The molecule has 0 radical (unpaired) electrons. The summed E-state index contributed by atoms with van der Waals surface area (Å²) in [6.07, 6.45) is 2.89. The number of imidazole rings is 2. The Morgan fingerprint density at radius 1 is 0.556 bits per heavy atom. The number of guanidine groups is 1. The van der Waals surface area contributed by atoms with E-state index in [0.29, 0.717) is 23.4 Å². The molecule has 0 aliphatic heterocycles. The molecule has 2 heterocycles. The van der Waals surface area contributed by atoms with Crippen molar-refractivity contribution in [3.63, 3.8) is 0 Å². The van der Waals surface area contributed by atoms with Crippen molar-refractivity contribution in [2.75, 3.05) is 13.2 Å². The van der Waals surface area contributed by atoms with Crippen molar-refractivity contribution in [3.8, 4) is 5.75 Å². The lowest BCUT2D eigenvalue weighted by Gasteiger charge is -2.29. The lowest BCUT2D eigenvalue weighted by atomic mass is 9.96. The highest BCUT2D eigenvalue weighted by Gasteiger charge is 2.38. The highest BCUT2D eigenvalue weighted by molar-refractivity contribution is 5.99. The summed E-state index contributed by atoms with van der Waals surface area (Å²) in [4.78, 5) is 168. The molecule has 0 saturated heterocycles. The second-order valence-corrected chi connectivity index (χ2v) is 22.8. The molecule has 33 nitrogen and oxygen atoms in total. The van der Waals surface area contributed by atoms with Crippen LogP contribution in [0.3, 0.4) is 0 Å². The Morgan fingerprint density at radius 2 is 0.978 bits per heavy atom. The van der Waals surface area contributed by atoms with E-state index in [9.17, 15) is 73.2 Å². The topological polar surface area (TPSA) is 551 Å². The predicted octanol–water partition coefficient (Wildman–Crippen LogP) is -4.53. The van der Waals surface area contributed by atoms with E-state index in [-0.39, 0.29) is 87.9 Å². The van der Waals surface area contributed by atoms with Crippen molar-refractivity contribution in [3.05, 3.63) is 66.3 Å². The number of aliphatic hydroxyl groups excluding tert-OH is 2. The number of primary amides is 1. The van der Waals surface area contributed by atoms with Gasteiger partial charge in [0.25, 0.3) is 0 Å². The predicted molar refractivity (Wildman–Crippen MR) is 325 cm³/mol. The van der Waals surface area contributed by atoms with Crippen LogP contribution in [0.25, 0.3) is 0 Å². The van der Waals surface area contributed by atoms with Gasteiger partial charge in [0.15, 0.2) is 12.0 Å². The number of aliphatic imine (C=N–C) groups is 1. The number of aromatic hydroxyl groups is 1. The molecule has 2 aromatic heterocycles. The second kappa shape index (κ2) is 37.6. The monoisotopic (exact) mass is 1270 g/mol. The molecule has 0 saturated carbocycles. The quantitative estimate of drug-likeness (QED) is 0.0145. The number of phenolic OH excluding ortho intramolecular Hbond substituents is 1. The first kappa shape index (κ1) is 75.0. The fraction of sp³-hybridized carbons (Fsp3) is 0.579. The van der Waals surface area contributed by atoms with Crippen molar-refractivity contribution < 1.29 is 73.2 Å². The zero-order valence-electron chi connectivity index (χ0n) is 51.6. The summed E-state index contributed by atoms with van der Waals surface area (Å²) in [5.74, 6) is -12.0. The van der Waals surface area contributed by atoms with E-state index in [1.54, 1.807) is 41.5 Å². The highest BCUT2D eigenvalue weighted by Crippen LogP contribution is 2.16. The van der Waals surface area contributed by atoms with Gasteiger partial charge in [-0.1, -0.05) is 60.1 Å². The van der Waals surface area contributed by atoms with Gasteiger partial charge >= 0.3 is 5.97 Å². The average Bonchev–Trinajstić information content (AvgIpc) is 3.52. The standard InChI is InChI=1S/C57H90N18O15/c1-8-30(6)45(74-52(85)38(18-28(2)3)68-47(80)36(58)15-16-44(59)79)55(88)73-43(25-76)54(87)72-42(22-34-24-63-27-66-34)51(84)70-40(20-32-11-13-35(78)14-12-32)49(82)67-37(10-9-17-64-57(60)61)48(81)71-41(21-33-23-62-26-65-33)50(83)69-39(19-29(4)5)53(86)75-46(31(7)77)56(89)90/h11-14,23-24,26-31,36-43,45-46,76-78H,8-10,15-22,25,58H2,1-7H3,(H2,59,79)(H,62,65)(H,63,66)(H,67,82)(H,68,80)(H,69,83)(H,70,84)(H,71,81)(H,72,87)(H,73,88)(H,74,85)(H,75,86)(H,89,90)(H4,60,61,64)/t30-,31+,36-,37-,38-,39-,40-,41-,42-,43-,45-,46-/m0/s1. The van der Waals surface area contributed by atoms with Crippen LogP contribution in [-0.4, -0.2) is 191 Å². The third-order valence-electron chi connectivity index (χ3n) is 14.2. The number of nitrogens with one attached hydrogen (secondary N) is 11. The van der Waals surface area contributed by atoms with Gasteiger partial charge in [-0.05, 0) is 74.5 Å². The van der Waals surface area contributed by atoms with Gasteiger partial charge in [-0.3, -0.25) is 52.9 Å². The van der Waals surface area contributed by atoms with Gasteiger partial charge < -0.3 is 101 Å². The van der Waals surface area contributed by atoms with Gasteiger partial charge in [0.05, 0.1) is 31.4 Å². The van der Waals surface area contributed by atoms with Crippen LogP contribution < -0.4 is 70.8 Å². The number of carbonyl (C=O) groups excluding carboxylic acids is 10. The van der Waals surface area contributed by atoms with Crippen LogP contribution in [0.4, 0.5) is 0 Å². The smallest absolute Gasteiger partial charge is 0.328 e. The molecule has 23 N–H and O–H groups in total. The maximum absolute atomic E-state index is 14.8. The molecule has 1 aromatic carbocycles. The summed E-state index contributed by atoms with van der Waals surface area (Å²) in [6, 6.07) is -9.31. The molecule has 498 valence electrons. The van der Waals surface area contributed by atoms with Gasteiger partial charge in [0, 0.05) is 56.0 Å². The lowest BCUT2D eigenvalue weighted by Crippen LogP contribution is -2.62. The number of carboxylic acids is 1. The van der Waals surface area contributed by atoms with Crippen molar-refractivity contribution in [1.29, 1.82) is 0 Å². The number of phenols is 1. The Hall–Kier alpha value is -9.24. The third kappa shape index (κ3) is 26.2. The third-order valence-corrected chi connectivity index (χ3v) is 14.2. The number of carboxylic acid groups (broad SMARTS) is 1. The van der Waals surface area contributed by atoms with Crippen molar-refractivity contribution in [2.45, 2.75) is 179 Å². The number of rotatable bonds is 40. The Bertz CT molecular complexity index is 2870. The molecule has 0 unspecified atom stereocenters. The molecule has 12 atom stereocenters. The van der Waals surface area contributed by atoms with Gasteiger partial charge in [0.1, 0.15) is 54.1 Å². The van der Waals surface area contributed by atoms with Crippen molar-refractivity contribution in [1.82, 2.24) is 67.8 Å². The first-order chi connectivity index (χ1) is 42.4. The molecular formula is C57H90N18O15. The number of carbonyl (C=O) groups is 11. The number of nitrogens with two attached hydrogens (primary N) is 4. The maximum Gasteiger partial charge on any atom is 0.328 e. The Balaban J connectivity index is 2.01. The molecule has 0 spiro atoms. The largest absolute Gasteiger partial charge is 0.508 e. The molecule has 0 aliphatic carbocycles. The summed E-state index contributed by atoms with van der Waals surface area (Å²) in [6.45, 7) is 10.5. The molecule has 0 bridgehead atoms. The van der Waals surface area contributed by atoms with E-state index in [4.69, 9.17) is 22.9 Å². The Morgan fingerprint density at radius 3 is 1.40 bits per heavy atom. The van der Waals surface area contributed by atoms with E-state index >= 15 is 0 Å². The minimum atomic E-state index is -1.77. The van der Waals surface area contributed by atoms with E-state index in [1.807, 2.05) is 0 Å². The van der Waals surface area contributed by atoms with Crippen LogP contribution in [0.1, 0.15) is 110 Å². The summed E-state index contributed by atoms with van der Waals surface area (Å²) in [5, 5.41) is 63.4. The van der Waals surface area contributed by atoms with E-state index in [1.165, 1.54) is 49.3 Å². The highest BCUT2D eigenvalue weighted by atomic mass is 16.4. The number of hydrogen-bond donors (Lipinski definition) is 19. The fourth-order valence-corrected chi connectivity index (χ4v) is 9.03. The summed E-state index contributed by atoms with van der Waals surface area (Å²) in [5.41, 5.74) is 23.3. The van der Waals surface area contributed by atoms with Crippen LogP contribution in [-0.2, 0) is 72.0 Å². The summed E-state index contributed by atoms with van der Waals surface area (Å²) in [7, 11) is 0. The number of nitrogens with zero attached hydrogens (tertiary/aromatic N) is 3. The van der Waals surface area contributed by atoms with Gasteiger partial charge in [0.2, 0.25) is 59.1 Å². The first-order valence-electron chi connectivity index (χ1n) is 29.5. The summed E-state index contributed by atoms with van der Waals surface area (Å²) < 4.78 is 0. The van der Waals surface area contributed by atoms with Crippen molar-refractivity contribution >= 4 is 71.0 Å². The number of aliphatic hydroxyl groups is 2. The normalized spacial score (nSPS) is 15.2. The van der Waals surface area contributed by atoms with E-state index in [2.05, 4.69) is 72.8 Å². The number of H-pyrrole nitrogens is 2. The van der Waals surface area contributed by atoms with Crippen LogP contribution >= 0.6 is 0 Å². The minimum Gasteiger partial charge on any atom is -0.508 e. The van der Waals surface area contributed by atoms with E-state index < -0.39 is 144 Å². The Labute approximate surface area is 520 Å².